The first-order valence-electron chi connectivity index (χ1n) is 9.75. The summed E-state index contributed by atoms with van der Waals surface area (Å²) in [6, 6.07) is 9.11. The van der Waals surface area contributed by atoms with Crippen molar-refractivity contribution < 1.29 is 9.59 Å². The molecule has 0 unspecified atom stereocenters. The molecule has 0 saturated carbocycles. The van der Waals surface area contributed by atoms with Crippen LogP contribution in [-0.4, -0.2) is 26.4 Å². The van der Waals surface area contributed by atoms with Crippen LogP contribution >= 0.6 is 0 Å². The Kier molecular flexibility index (Phi) is 6.11. The van der Waals surface area contributed by atoms with Crippen molar-refractivity contribution in [2.24, 2.45) is 5.92 Å². The van der Waals surface area contributed by atoms with E-state index in [1.165, 1.54) is 6.20 Å². The van der Waals surface area contributed by atoms with Gasteiger partial charge in [-0.25, -0.2) is 9.50 Å². The van der Waals surface area contributed by atoms with Crippen LogP contribution in [0.15, 0.2) is 30.5 Å². The molecule has 2 heterocycles. The number of fused-ring (bicyclic) bond motifs is 1. The summed E-state index contributed by atoms with van der Waals surface area (Å²) in [6.07, 6.45) is 2.29. The second kappa shape index (κ2) is 8.74. The Balaban J connectivity index is 1.64. The molecule has 0 bridgehead atoms. The highest BCUT2D eigenvalue weighted by Crippen LogP contribution is 2.19. The number of rotatable bonds is 6. The van der Waals surface area contributed by atoms with Crippen LogP contribution in [0.2, 0.25) is 0 Å². The molecule has 3 rings (SSSR count). The molecule has 2 N–H and O–H groups in total. The number of nitriles is 1. The lowest BCUT2D eigenvalue weighted by molar-refractivity contribution is -0.119. The van der Waals surface area contributed by atoms with Gasteiger partial charge in [-0.05, 0) is 50.1 Å². The molecule has 0 saturated heterocycles. The lowest BCUT2D eigenvalue weighted by Crippen LogP contribution is -2.17. The third kappa shape index (κ3) is 4.46. The SMILES string of the molecule is Cc1nc2c(C#N)cnn2c(C)c1CCC(=O)Nc1ccc(NC(=O)C(C)C)cc1. The number of nitrogens with zero attached hydrogens (tertiary/aromatic N) is 4. The van der Waals surface area contributed by atoms with Crippen LogP contribution in [0.5, 0.6) is 0 Å². The molecule has 30 heavy (non-hydrogen) atoms. The number of carbonyl (C=O) groups is 2. The smallest absolute Gasteiger partial charge is 0.226 e. The van der Waals surface area contributed by atoms with Crippen LogP contribution < -0.4 is 10.6 Å². The lowest BCUT2D eigenvalue weighted by atomic mass is 10.1. The Morgan fingerprint density at radius 1 is 1.13 bits per heavy atom. The average molecular weight is 404 g/mol. The van der Waals surface area contributed by atoms with Gasteiger partial charge in [-0.15, -0.1) is 0 Å². The van der Waals surface area contributed by atoms with Gasteiger partial charge in [-0.2, -0.15) is 10.4 Å². The van der Waals surface area contributed by atoms with Crippen molar-refractivity contribution in [3.63, 3.8) is 0 Å². The minimum absolute atomic E-state index is 0.0535. The third-order valence-corrected chi connectivity index (χ3v) is 4.89. The van der Waals surface area contributed by atoms with Gasteiger partial charge in [0.25, 0.3) is 0 Å². The van der Waals surface area contributed by atoms with Gasteiger partial charge in [0.2, 0.25) is 11.8 Å². The van der Waals surface area contributed by atoms with Crippen molar-refractivity contribution >= 4 is 28.8 Å². The summed E-state index contributed by atoms with van der Waals surface area (Å²) in [7, 11) is 0. The van der Waals surface area contributed by atoms with Crippen LogP contribution in [0.4, 0.5) is 11.4 Å². The number of benzene rings is 1. The fourth-order valence-corrected chi connectivity index (χ4v) is 3.14. The zero-order valence-electron chi connectivity index (χ0n) is 17.5. The first-order chi connectivity index (χ1) is 14.3. The Hall–Kier alpha value is -3.73. The second-order valence-electron chi connectivity index (χ2n) is 7.44. The van der Waals surface area contributed by atoms with E-state index in [2.05, 4.69) is 26.8 Å². The Bertz CT molecular complexity index is 1140. The van der Waals surface area contributed by atoms with Gasteiger partial charge in [0.05, 0.1) is 6.20 Å². The molecule has 0 atom stereocenters. The molecule has 2 amide bonds. The van der Waals surface area contributed by atoms with Gasteiger partial charge in [0, 0.05) is 35.1 Å². The molecule has 0 spiro atoms. The van der Waals surface area contributed by atoms with E-state index in [4.69, 9.17) is 5.26 Å². The van der Waals surface area contributed by atoms with Crippen molar-refractivity contribution in [2.45, 2.75) is 40.5 Å². The molecular weight excluding hydrogens is 380 g/mol. The van der Waals surface area contributed by atoms with Crippen LogP contribution in [0.3, 0.4) is 0 Å². The maximum atomic E-state index is 12.4. The number of hydrogen-bond donors (Lipinski definition) is 2. The van der Waals surface area contributed by atoms with Crippen LogP contribution in [0.25, 0.3) is 5.65 Å². The maximum absolute atomic E-state index is 12.4. The summed E-state index contributed by atoms with van der Waals surface area (Å²) < 4.78 is 1.64. The second-order valence-corrected chi connectivity index (χ2v) is 7.44. The molecule has 8 heteroatoms. The summed E-state index contributed by atoms with van der Waals surface area (Å²) in [5, 5.41) is 19.1. The minimum atomic E-state index is -0.119. The fraction of sp³-hybridized carbons (Fsp3) is 0.318. The third-order valence-electron chi connectivity index (χ3n) is 4.89. The zero-order valence-corrected chi connectivity index (χ0v) is 17.5. The van der Waals surface area contributed by atoms with Gasteiger partial charge < -0.3 is 10.6 Å². The Morgan fingerprint density at radius 3 is 2.37 bits per heavy atom. The van der Waals surface area contributed by atoms with E-state index >= 15 is 0 Å². The first-order valence-corrected chi connectivity index (χ1v) is 9.75. The normalized spacial score (nSPS) is 10.8. The molecule has 1 aromatic carbocycles. The topological polar surface area (TPSA) is 112 Å². The number of aryl methyl sites for hydroxylation is 2. The number of hydrogen-bond acceptors (Lipinski definition) is 5. The van der Waals surface area contributed by atoms with Gasteiger partial charge in [0.15, 0.2) is 5.65 Å². The van der Waals surface area contributed by atoms with E-state index in [1.807, 2.05) is 27.7 Å². The molecule has 3 aromatic rings. The van der Waals surface area contributed by atoms with E-state index in [9.17, 15) is 9.59 Å². The molecular formula is C22H24N6O2. The molecule has 2 aromatic heterocycles. The standard InChI is InChI=1S/C22H24N6O2/c1-13(2)22(30)27-18-7-5-17(6-8-18)26-20(29)10-9-19-14(3)25-21-16(11-23)12-24-28(21)15(19)4/h5-8,12-13H,9-10H2,1-4H3,(H,26,29)(H,27,30). The molecule has 8 nitrogen and oxygen atoms in total. The van der Waals surface area contributed by atoms with Crippen molar-refractivity contribution in [2.75, 3.05) is 10.6 Å². The Morgan fingerprint density at radius 2 is 1.77 bits per heavy atom. The van der Waals surface area contributed by atoms with Gasteiger partial charge in [0.1, 0.15) is 11.6 Å². The highest BCUT2D eigenvalue weighted by molar-refractivity contribution is 5.93. The van der Waals surface area contributed by atoms with Gasteiger partial charge >= 0.3 is 0 Å². The van der Waals surface area contributed by atoms with E-state index in [0.29, 0.717) is 29.0 Å². The molecule has 0 aliphatic carbocycles. The van der Waals surface area contributed by atoms with Crippen molar-refractivity contribution in [3.8, 4) is 6.07 Å². The summed E-state index contributed by atoms with van der Waals surface area (Å²) in [4.78, 5) is 28.6. The summed E-state index contributed by atoms with van der Waals surface area (Å²) in [5.74, 6) is -0.272. The molecule has 0 aliphatic heterocycles. The van der Waals surface area contributed by atoms with E-state index in [-0.39, 0.29) is 24.2 Å². The summed E-state index contributed by atoms with van der Waals surface area (Å²) >= 11 is 0. The molecule has 0 radical (unpaired) electrons. The van der Waals surface area contributed by atoms with E-state index in [0.717, 1.165) is 17.0 Å². The summed E-state index contributed by atoms with van der Waals surface area (Å²) in [6.45, 7) is 7.44. The number of nitrogens with one attached hydrogen (secondary N) is 2. The van der Waals surface area contributed by atoms with Gasteiger partial charge in [-0.1, -0.05) is 13.8 Å². The fourth-order valence-electron chi connectivity index (χ4n) is 3.14. The molecule has 0 fully saturated rings. The largest absolute Gasteiger partial charge is 0.326 e. The van der Waals surface area contributed by atoms with Crippen molar-refractivity contribution in [1.82, 2.24) is 14.6 Å². The van der Waals surface area contributed by atoms with E-state index in [1.54, 1.807) is 28.8 Å². The van der Waals surface area contributed by atoms with E-state index < -0.39 is 0 Å². The number of carbonyl (C=O) groups excluding carboxylic acids is 2. The first kappa shape index (κ1) is 21.0. The zero-order chi connectivity index (χ0) is 21.8. The van der Waals surface area contributed by atoms with Crippen LogP contribution in [0, 0.1) is 31.1 Å². The number of amides is 2. The minimum Gasteiger partial charge on any atom is -0.326 e. The molecule has 154 valence electrons. The quantitative estimate of drug-likeness (QED) is 0.654. The van der Waals surface area contributed by atoms with Crippen molar-refractivity contribution in [1.29, 1.82) is 5.26 Å². The average Bonchev–Trinajstić information content (AvgIpc) is 3.12. The van der Waals surface area contributed by atoms with Crippen LogP contribution in [-0.2, 0) is 16.0 Å². The maximum Gasteiger partial charge on any atom is 0.226 e. The molecule has 0 aliphatic rings. The van der Waals surface area contributed by atoms with Crippen LogP contribution in [0.1, 0.15) is 42.8 Å². The lowest BCUT2D eigenvalue weighted by Gasteiger charge is -2.12. The summed E-state index contributed by atoms with van der Waals surface area (Å²) in [5.41, 5.74) is 4.91. The predicted octanol–water partition coefficient (Wildman–Crippen LogP) is 3.38. The monoisotopic (exact) mass is 404 g/mol. The predicted molar refractivity (Wildman–Crippen MR) is 114 cm³/mol. The number of anilines is 2. The van der Waals surface area contributed by atoms with Crippen molar-refractivity contribution in [3.05, 3.63) is 53.0 Å². The number of aromatic nitrogens is 3. The highest BCUT2D eigenvalue weighted by atomic mass is 16.2. The van der Waals surface area contributed by atoms with Gasteiger partial charge in [-0.3, -0.25) is 9.59 Å². The Labute approximate surface area is 174 Å². The highest BCUT2D eigenvalue weighted by Gasteiger charge is 2.15.